The Morgan fingerprint density at radius 2 is 2.08 bits per heavy atom. The Labute approximate surface area is 152 Å². The summed E-state index contributed by atoms with van der Waals surface area (Å²) in [5.41, 5.74) is 2.81. The van der Waals surface area contributed by atoms with Crippen molar-refractivity contribution in [3.8, 4) is 11.3 Å². The van der Waals surface area contributed by atoms with E-state index in [2.05, 4.69) is 27.3 Å². The highest BCUT2D eigenvalue weighted by Gasteiger charge is 2.22. The number of nitrogens with zero attached hydrogens (tertiary/aromatic N) is 1. The molecule has 138 valence electrons. The molecule has 0 saturated carbocycles. The predicted octanol–water partition coefficient (Wildman–Crippen LogP) is 2.35. The fourth-order valence-electron chi connectivity index (χ4n) is 3.63. The molecule has 6 heteroatoms. The first-order chi connectivity index (χ1) is 12.5. The van der Waals surface area contributed by atoms with E-state index in [4.69, 9.17) is 5.11 Å². The van der Waals surface area contributed by atoms with Gasteiger partial charge in [0.05, 0.1) is 5.69 Å². The van der Waals surface area contributed by atoms with Crippen LogP contribution in [0.5, 0.6) is 0 Å². The number of carbonyl (C=O) groups is 1. The van der Waals surface area contributed by atoms with Crippen LogP contribution < -0.4 is 15.8 Å². The molecule has 0 radical (unpaired) electrons. The Bertz CT molecular complexity index is 842. The summed E-state index contributed by atoms with van der Waals surface area (Å²) in [5.74, 6) is -0.528. The van der Waals surface area contributed by atoms with Crippen molar-refractivity contribution in [2.45, 2.75) is 19.8 Å². The zero-order valence-corrected chi connectivity index (χ0v) is 15.2. The highest BCUT2D eigenvalue weighted by molar-refractivity contribution is 5.88. The number of aromatic nitrogens is 1. The molecular weight excluding hydrogens is 330 g/mol. The quantitative estimate of drug-likeness (QED) is 0.741. The van der Waals surface area contributed by atoms with Crippen molar-refractivity contribution in [3.63, 3.8) is 0 Å². The van der Waals surface area contributed by atoms with Crippen LogP contribution in [-0.2, 0) is 6.42 Å². The Hall–Kier alpha value is -2.60. The second kappa shape index (κ2) is 7.74. The normalized spacial score (nSPS) is 16.8. The number of rotatable bonds is 6. The summed E-state index contributed by atoms with van der Waals surface area (Å²) < 4.78 is 0. The lowest BCUT2D eigenvalue weighted by Gasteiger charge is -2.19. The van der Waals surface area contributed by atoms with Crippen molar-refractivity contribution in [3.05, 3.63) is 51.8 Å². The third-order valence-electron chi connectivity index (χ3n) is 5.03. The minimum atomic E-state index is -1.20. The molecule has 0 spiro atoms. The number of hydrogen-bond acceptors (Lipinski definition) is 4. The Balaban J connectivity index is 1.86. The van der Waals surface area contributed by atoms with Crippen LogP contribution in [0.1, 0.15) is 29.3 Å². The van der Waals surface area contributed by atoms with Crippen LogP contribution in [0.4, 0.5) is 5.69 Å². The van der Waals surface area contributed by atoms with Gasteiger partial charge in [0.25, 0.3) is 5.56 Å². The first kappa shape index (κ1) is 18.2. The van der Waals surface area contributed by atoms with E-state index in [-0.39, 0.29) is 5.56 Å². The van der Waals surface area contributed by atoms with Crippen LogP contribution in [0.2, 0.25) is 0 Å². The van der Waals surface area contributed by atoms with E-state index >= 15 is 0 Å². The molecule has 0 bridgehead atoms. The van der Waals surface area contributed by atoms with Gasteiger partial charge in [-0.15, -0.1) is 0 Å². The minimum absolute atomic E-state index is 0.213. The van der Waals surface area contributed by atoms with Crippen LogP contribution >= 0.6 is 0 Å². The molecule has 26 heavy (non-hydrogen) atoms. The van der Waals surface area contributed by atoms with Gasteiger partial charge >= 0.3 is 5.97 Å². The van der Waals surface area contributed by atoms with Crippen LogP contribution in [0.25, 0.3) is 11.3 Å². The fraction of sp³-hybridized carbons (Fsp3) is 0.400. The van der Waals surface area contributed by atoms with E-state index in [0.29, 0.717) is 18.0 Å². The third kappa shape index (κ3) is 3.65. The van der Waals surface area contributed by atoms with Crippen LogP contribution in [0.15, 0.2) is 35.1 Å². The topological polar surface area (TPSA) is 85.4 Å². The number of aryl methyl sites for hydroxylation is 1. The standard InChI is InChI=1S/C20H25N3O3/c1-3-14-10-17(20(25)26)19(24)22-18(14)15-4-6-16(7-5-15)23-9-8-13(12-23)11-21-2/h4-7,10,13,21H,3,8-9,11-12H2,1-2H3,(H,22,24)(H,25,26). The van der Waals surface area contributed by atoms with Crippen LogP contribution in [0.3, 0.4) is 0 Å². The van der Waals surface area contributed by atoms with E-state index in [9.17, 15) is 9.59 Å². The van der Waals surface area contributed by atoms with E-state index in [1.165, 1.54) is 18.2 Å². The molecule has 1 fully saturated rings. The Kier molecular flexibility index (Phi) is 5.42. The van der Waals surface area contributed by atoms with Gasteiger partial charge < -0.3 is 20.3 Å². The van der Waals surface area contributed by atoms with Gasteiger partial charge in [-0.2, -0.15) is 0 Å². The molecule has 2 heterocycles. The van der Waals surface area contributed by atoms with Crippen LogP contribution in [0, 0.1) is 5.92 Å². The number of carboxylic acids is 1. The van der Waals surface area contributed by atoms with Crippen molar-refractivity contribution in [1.29, 1.82) is 0 Å². The second-order valence-corrected chi connectivity index (χ2v) is 6.78. The maximum atomic E-state index is 12.0. The average molecular weight is 355 g/mol. The molecule has 1 aromatic carbocycles. The maximum absolute atomic E-state index is 12.0. The van der Waals surface area contributed by atoms with E-state index in [1.54, 1.807) is 0 Å². The Morgan fingerprint density at radius 3 is 2.69 bits per heavy atom. The number of hydrogen-bond donors (Lipinski definition) is 3. The SMILES string of the molecule is CCc1cc(C(=O)O)c(=O)[nH]c1-c1ccc(N2CCC(CNC)C2)cc1. The maximum Gasteiger partial charge on any atom is 0.341 e. The molecule has 2 aromatic rings. The first-order valence-corrected chi connectivity index (χ1v) is 9.03. The number of H-pyrrole nitrogens is 1. The number of benzene rings is 1. The molecule has 1 atom stereocenters. The van der Waals surface area contributed by atoms with Crippen molar-refractivity contribution in [2.75, 3.05) is 31.6 Å². The number of pyridine rings is 1. The monoisotopic (exact) mass is 355 g/mol. The summed E-state index contributed by atoms with van der Waals surface area (Å²) in [7, 11) is 1.99. The van der Waals surface area contributed by atoms with Gasteiger partial charge in [0.1, 0.15) is 5.56 Å². The molecule has 1 saturated heterocycles. The highest BCUT2D eigenvalue weighted by Crippen LogP contribution is 2.27. The second-order valence-electron chi connectivity index (χ2n) is 6.78. The molecular formula is C20H25N3O3. The van der Waals surface area contributed by atoms with E-state index in [1.807, 2.05) is 26.1 Å². The van der Waals surface area contributed by atoms with Crippen molar-refractivity contribution < 1.29 is 9.90 Å². The zero-order valence-electron chi connectivity index (χ0n) is 15.2. The molecule has 6 nitrogen and oxygen atoms in total. The Morgan fingerprint density at radius 1 is 1.35 bits per heavy atom. The van der Waals surface area contributed by atoms with Gasteiger partial charge in [-0.1, -0.05) is 19.1 Å². The van der Waals surface area contributed by atoms with Gasteiger partial charge in [0.15, 0.2) is 0 Å². The number of aromatic carboxylic acids is 1. The first-order valence-electron chi connectivity index (χ1n) is 9.03. The van der Waals surface area contributed by atoms with Gasteiger partial charge in [-0.25, -0.2) is 4.79 Å². The van der Waals surface area contributed by atoms with Crippen molar-refractivity contribution in [2.24, 2.45) is 5.92 Å². The summed E-state index contributed by atoms with van der Waals surface area (Å²) in [4.78, 5) is 28.3. The molecule has 0 aliphatic carbocycles. The molecule has 0 amide bonds. The van der Waals surface area contributed by atoms with Gasteiger partial charge in [0, 0.05) is 18.8 Å². The smallest absolute Gasteiger partial charge is 0.341 e. The molecule has 3 rings (SSSR count). The number of aromatic amines is 1. The molecule has 1 aromatic heterocycles. The van der Waals surface area contributed by atoms with Crippen molar-refractivity contribution in [1.82, 2.24) is 10.3 Å². The predicted molar refractivity (Wildman–Crippen MR) is 103 cm³/mol. The van der Waals surface area contributed by atoms with Crippen LogP contribution in [-0.4, -0.2) is 42.7 Å². The lowest BCUT2D eigenvalue weighted by molar-refractivity contribution is 0.0695. The summed E-state index contributed by atoms with van der Waals surface area (Å²) >= 11 is 0. The molecule has 1 aliphatic heterocycles. The summed E-state index contributed by atoms with van der Waals surface area (Å²) in [6.07, 6.45) is 1.83. The summed E-state index contributed by atoms with van der Waals surface area (Å²) in [6.45, 7) is 5.08. The minimum Gasteiger partial charge on any atom is -0.477 e. The molecule has 1 aliphatic rings. The number of nitrogens with one attached hydrogen (secondary N) is 2. The number of anilines is 1. The average Bonchev–Trinajstić information content (AvgIpc) is 3.10. The lowest BCUT2D eigenvalue weighted by atomic mass is 10.0. The highest BCUT2D eigenvalue weighted by atomic mass is 16.4. The third-order valence-corrected chi connectivity index (χ3v) is 5.03. The molecule has 3 N–H and O–H groups in total. The van der Waals surface area contributed by atoms with E-state index in [0.717, 1.165) is 30.8 Å². The van der Waals surface area contributed by atoms with E-state index < -0.39 is 11.5 Å². The summed E-state index contributed by atoms with van der Waals surface area (Å²) in [5, 5.41) is 12.4. The number of carboxylic acid groups (broad SMARTS) is 1. The van der Waals surface area contributed by atoms with Gasteiger partial charge in [-0.05, 0) is 61.7 Å². The lowest BCUT2D eigenvalue weighted by Crippen LogP contribution is -2.24. The van der Waals surface area contributed by atoms with Gasteiger partial charge in [-0.3, -0.25) is 4.79 Å². The molecule has 1 unspecified atom stereocenters. The zero-order chi connectivity index (χ0) is 18.7. The van der Waals surface area contributed by atoms with Crippen molar-refractivity contribution >= 4 is 11.7 Å². The largest absolute Gasteiger partial charge is 0.477 e. The van der Waals surface area contributed by atoms with Gasteiger partial charge in [0.2, 0.25) is 0 Å². The summed E-state index contributed by atoms with van der Waals surface area (Å²) in [6, 6.07) is 9.60. The fourth-order valence-corrected chi connectivity index (χ4v) is 3.63.